The Kier molecular flexibility index (Phi) is 4.93. The lowest BCUT2D eigenvalue weighted by molar-refractivity contribution is -0.137. The first-order chi connectivity index (χ1) is 12.2. The molecule has 5 nitrogen and oxygen atoms in total. The summed E-state index contributed by atoms with van der Waals surface area (Å²) in [6, 6.07) is 7.04. The monoisotopic (exact) mass is 342 g/mol. The fourth-order valence-corrected chi connectivity index (χ4v) is 5.05. The van der Waals surface area contributed by atoms with E-state index < -0.39 is 0 Å². The second kappa shape index (κ2) is 7.32. The minimum absolute atomic E-state index is 0.128. The summed E-state index contributed by atoms with van der Waals surface area (Å²) >= 11 is 0. The summed E-state index contributed by atoms with van der Waals surface area (Å²) in [5.41, 5.74) is 0. The number of likely N-dealkylation sites (tertiary alicyclic amines) is 2. The van der Waals surface area contributed by atoms with Crippen molar-refractivity contribution in [2.75, 3.05) is 38.1 Å². The zero-order valence-electron chi connectivity index (χ0n) is 15.3. The lowest BCUT2D eigenvalue weighted by Gasteiger charge is -2.38. The molecule has 5 heteroatoms. The van der Waals surface area contributed by atoms with Crippen LogP contribution in [0.5, 0.6) is 0 Å². The molecular weight excluding hydrogens is 312 g/mol. The van der Waals surface area contributed by atoms with Crippen LogP contribution in [0.4, 0.5) is 5.82 Å². The van der Waals surface area contributed by atoms with Crippen molar-refractivity contribution in [1.82, 2.24) is 14.8 Å². The van der Waals surface area contributed by atoms with Gasteiger partial charge in [0.1, 0.15) is 5.82 Å². The minimum atomic E-state index is 0.128. The molecule has 3 aliphatic rings. The van der Waals surface area contributed by atoms with Crippen LogP contribution in [0.2, 0.25) is 0 Å². The first-order valence-electron chi connectivity index (χ1n) is 9.91. The Morgan fingerprint density at radius 3 is 2.60 bits per heavy atom. The Morgan fingerprint density at radius 2 is 1.84 bits per heavy atom. The lowest BCUT2D eigenvalue weighted by atomic mass is 9.95. The van der Waals surface area contributed by atoms with Crippen LogP contribution in [-0.2, 0) is 4.79 Å². The molecule has 1 amide bonds. The fourth-order valence-electron chi connectivity index (χ4n) is 5.05. The van der Waals surface area contributed by atoms with Crippen LogP contribution in [0.15, 0.2) is 24.4 Å². The maximum Gasteiger partial charge on any atom is 0.227 e. The van der Waals surface area contributed by atoms with Gasteiger partial charge >= 0.3 is 0 Å². The molecule has 136 valence electrons. The first-order valence-corrected chi connectivity index (χ1v) is 9.91. The number of anilines is 1. The van der Waals surface area contributed by atoms with Gasteiger partial charge in [-0.1, -0.05) is 6.07 Å². The third-order valence-electron chi connectivity index (χ3n) is 6.35. The zero-order chi connectivity index (χ0) is 17.2. The zero-order valence-corrected chi connectivity index (χ0v) is 15.3. The third-order valence-corrected chi connectivity index (χ3v) is 6.35. The van der Waals surface area contributed by atoms with E-state index in [1.807, 2.05) is 18.3 Å². The van der Waals surface area contributed by atoms with Crippen LogP contribution in [0.3, 0.4) is 0 Å². The molecule has 0 N–H and O–H groups in total. The molecular formula is C20H30N4O. The normalized spacial score (nSPS) is 30.8. The molecule has 1 aromatic rings. The molecule has 25 heavy (non-hydrogen) atoms. The SMILES string of the molecule is CN1CCC[C@@H]1[C@H]1CCCN1C(=O)[C@@H]1CCCN(c2ccccn2)C1. The predicted octanol–water partition coefficient (Wildman–Crippen LogP) is 2.38. The van der Waals surface area contributed by atoms with Crippen LogP contribution in [-0.4, -0.2) is 66.0 Å². The Morgan fingerprint density at radius 1 is 1.04 bits per heavy atom. The highest BCUT2D eigenvalue weighted by Gasteiger charge is 2.41. The first kappa shape index (κ1) is 16.8. The summed E-state index contributed by atoms with van der Waals surface area (Å²) in [6.45, 7) is 3.96. The second-order valence-corrected chi connectivity index (χ2v) is 7.90. The Bertz CT molecular complexity index is 593. The standard InChI is InChI=1S/C20H30N4O/c1-22-12-5-8-17(22)18-9-6-14-24(18)20(25)16-7-4-13-23(15-16)19-10-2-3-11-21-19/h2-3,10-11,16-18H,4-9,12-15H2,1H3/t16-,17-,18-/m1/s1. The maximum absolute atomic E-state index is 13.3. The van der Waals surface area contributed by atoms with Gasteiger partial charge < -0.3 is 14.7 Å². The van der Waals surface area contributed by atoms with Crippen molar-refractivity contribution in [2.24, 2.45) is 5.92 Å². The number of carbonyl (C=O) groups is 1. The number of amides is 1. The van der Waals surface area contributed by atoms with Crippen molar-refractivity contribution in [3.05, 3.63) is 24.4 Å². The van der Waals surface area contributed by atoms with E-state index in [-0.39, 0.29) is 5.92 Å². The molecule has 0 unspecified atom stereocenters. The quantitative estimate of drug-likeness (QED) is 0.846. The molecule has 0 spiro atoms. The molecule has 1 aromatic heterocycles. The number of likely N-dealkylation sites (N-methyl/N-ethyl adjacent to an activating group) is 1. The highest BCUT2D eigenvalue weighted by Crippen LogP contribution is 2.32. The number of nitrogens with zero attached hydrogens (tertiary/aromatic N) is 4. The second-order valence-electron chi connectivity index (χ2n) is 7.90. The number of pyridine rings is 1. The van der Waals surface area contributed by atoms with E-state index >= 15 is 0 Å². The Labute approximate surface area is 151 Å². The van der Waals surface area contributed by atoms with E-state index in [1.54, 1.807) is 0 Å². The van der Waals surface area contributed by atoms with Gasteiger partial charge in [-0.25, -0.2) is 4.98 Å². The molecule has 0 aliphatic carbocycles. The molecule has 0 radical (unpaired) electrons. The highest BCUT2D eigenvalue weighted by molar-refractivity contribution is 5.80. The Hall–Kier alpha value is -1.62. The van der Waals surface area contributed by atoms with Gasteiger partial charge in [0.25, 0.3) is 0 Å². The van der Waals surface area contributed by atoms with E-state index in [1.165, 1.54) is 25.8 Å². The minimum Gasteiger partial charge on any atom is -0.356 e. The van der Waals surface area contributed by atoms with Gasteiger partial charge in [-0.3, -0.25) is 4.79 Å². The van der Waals surface area contributed by atoms with Crippen LogP contribution < -0.4 is 4.90 Å². The van der Waals surface area contributed by atoms with Crippen molar-refractivity contribution in [2.45, 2.75) is 50.6 Å². The highest BCUT2D eigenvalue weighted by atomic mass is 16.2. The summed E-state index contributed by atoms with van der Waals surface area (Å²) in [5.74, 6) is 1.53. The number of hydrogen-bond acceptors (Lipinski definition) is 4. The summed E-state index contributed by atoms with van der Waals surface area (Å²) in [5, 5.41) is 0. The average Bonchev–Trinajstić information content (AvgIpc) is 3.30. The summed E-state index contributed by atoms with van der Waals surface area (Å²) in [7, 11) is 2.22. The fraction of sp³-hybridized carbons (Fsp3) is 0.700. The van der Waals surface area contributed by atoms with Crippen molar-refractivity contribution in [3.8, 4) is 0 Å². The van der Waals surface area contributed by atoms with E-state index in [9.17, 15) is 4.79 Å². The van der Waals surface area contributed by atoms with Crippen LogP contribution in [0.25, 0.3) is 0 Å². The number of aromatic nitrogens is 1. The molecule has 4 heterocycles. The van der Waals surface area contributed by atoms with Gasteiger partial charge in [0, 0.05) is 37.9 Å². The maximum atomic E-state index is 13.3. The van der Waals surface area contributed by atoms with Crippen molar-refractivity contribution >= 4 is 11.7 Å². The van der Waals surface area contributed by atoms with Gasteiger partial charge in [0.15, 0.2) is 0 Å². The van der Waals surface area contributed by atoms with Crippen molar-refractivity contribution in [3.63, 3.8) is 0 Å². The summed E-state index contributed by atoms with van der Waals surface area (Å²) < 4.78 is 0. The van der Waals surface area contributed by atoms with Gasteiger partial charge in [-0.15, -0.1) is 0 Å². The lowest BCUT2D eigenvalue weighted by Crippen LogP contribution is -2.51. The molecule has 3 atom stereocenters. The van der Waals surface area contributed by atoms with Gasteiger partial charge in [0.2, 0.25) is 5.91 Å². The van der Waals surface area contributed by atoms with Gasteiger partial charge in [-0.05, 0) is 64.3 Å². The smallest absolute Gasteiger partial charge is 0.227 e. The molecule has 0 bridgehead atoms. The van der Waals surface area contributed by atoms with E-state index in [0.29, 0.717) is 18.0 Å². The van der Waals surface area contributed by atoms with E-state index in [4.69, 9.17) is 0 Å². The number of rotatable bonds is 3. The summed E-state index contributed by atoms with van der Waals surface area (Å²) in [4.78, 5) is 24.8. The van der Waals surface area contributed by atoms with E-state index in [2.05, 4.69) is 32.8 Å². The van der Waals surface area contributed by atoms with Crippen molar-refractivity contribution in [1.29, 1.82) is 0 Å². The predicted molar refractivity (Wildman–Crippen MR) is 99.6 cm³/mol. The number of carbonyl (C=O) groups excluding carboxylic acids is 1. The van der Waals surface area contributed by atoms with Crippen LogP contribution in [0, 0.1) is 5.92 Å². The molecule has 3 fully saturated rings. The largest absolute Gasteiger partial charge is 0.356 e. The van der Waals surface area contributed by atoms with E-state index in [0.717, 1.165) is 44.7 Å². The molecule has 4 rings (SSSR count). The van der Waals surface area contributed by atoms with Gasteiger partial charge in [-0.2, -0.15) is 0 Å². The molecule has 0 saturated carbocycles. The number of hydrogen-bond donors (Lipinski definition) is 0. The summed E-state index contributed by atoms with van der Waals surface area (Å²) in [6.07, 6.45) is 8.80. The van der Waals surface area contributed by atoms with Crippen molar-refractivity contribution < 1.29 is 4.79 Å². The average molecular weight is 342 g/mol. The topological polar surface area (TPSA) is 39.7 Å². The number of piperidine rings is 1. The van der Waals surface area contributed by atoms with Crippen LogP contribution >= 0.6 is 0 Å². The van der Waals surface area contributed by atoms with Gasteiger partial charge in [0.05, 0.1) is 5.92 Å². The molecule has 3 aliphatic heterocycles. The van der Waals surface area contributed by atoms with Crippen LogP contribution in [0.1, 0.15) is 38.5 Å². The third kappa shape index (κ3) is 3.39. The Balaban J connectivity index is 1.44. The molecule has 0 aromatic carbocycles. The molecule has 3 saturated heterocycles.